The standard InChI is InChI=1S/C17H13F4N3O3S/c1-28(25,26)24(14-5-3-2-4-12(14)18)9-11-7-6-10(8-13(11)19)16-22-23-17(27-16)15(20)21/h2-8,15H,9H2,1H3. The van der Waals surface area contributed by atoms with Gasteiger partial charge in [0.05, 0.1) is 18.5 Å². The van der Waals surface area contributed by atoms with Crippen LogP contribution in [0.4, 0.5) is 23.2 Å². The number of hydrogen-bond donors (Lipinski definition) is 0. The molecule has 6 nitrogen and oxygen atoms in total. The summed E-state index contributed by atoms with van der Waals surface area (Å²) in [6.45, 7) is -0.474. The van der Waals surface area contributed by atoms with E-state index in [9.17, 15) is 26.0 Å². The molecule has 0 aliphatic heterocycles. The molecule has 0 amide bonds. The molecule has 0 aliphatic carbocycles. The van der Waals surface area contributed by atoms with Crippen molar-refractivity contribution in [2.75, 3.05) is 10.6 Å². The zero-order valence-electron chi connectivity index (χ0n) is 14.3. The second-order valence-electron chi connectivity index (χ2n) is 5.77. The van der Waals surface area contributed by atoms with Crippen molar-refractivity contribution in [2.24, 2.45) is 0 Å². The van der Waals surface area contributed by atoms with Crippen molar-refractivity contribution in [1.82, 2.24) is 10.2 Å². The molecule has 3 aromatic rings. The lowest BCUT2D eigenvalue weighted by Gasteiger charge is -2.23. The van der Waals surface area contributed by atoms with Crippen LogP contribution in [0.5, 0.6) is 0 Å². The minimum Gasteiger partial charge on any atom is -0.415 e. The van der Waals surface area contributed by atoms with Gasteiger partial charge in [-0.05, 0) is 24.3 Å². The highest BCUT2D eigenvalue weighted by Gasteiger charge is 2.23. The summed E-state index contributed by atoms with van der Waals surface area (Å²) in [6, 6.07) is 8.67. The minimum absolute atomic E-state index is 0.0393. The zero-order valence-corrected chi connectivity index (χ0v) is 15.1. The van der Waals surface area contributed by atoms with Gasteiger partial charge in [0.25, 0.3) is 5.89 Å². The SMILES string of the molecule is CS(=O)(=O)N(Cc1ccc(-c2nnc(C(F)F)o2)cc1F)c1ccccc1F. The molecular weight excluding hydrogens is 402 g/mol. The van der Waals surface area contributed by atoms with E-state index in [0.717, 1.165) is 22.7 Å². The number of sulfonamides is 1. The van der Waals surface area contributed by atoms with Gasteiger partial charge in [-0.15, -0.1) is 10.2 Å². The maximum atomic E-state index is 14.5. The van der Waals surface area contributed by atoms with Crippen molar-refractivity contribution in [2.45, 2.75) is 13.0 Å². The van der Waals surface area contributed by atoms with Crippen LogP contribution < -0.4 is 4.31 Å². The van der Waals surface area contributed by atoms with E-state index in [4.69, 9.17) is 4.42 Å². The molecule has 2 aromatic carbocycles. The quantitative estimate of drug-likeness (QED) is 0.571. The molecule has 0 radical (unpaired) electrons. The first-order chi connectivity index (χ1) is 13.2. The van der Waals surface area contributed by atoms with Gasteiger partial charge >= 0.3 is 6.43 Å². The second kappa shape index (κ2) is 7.58. The molecule has 0 unspecified atom stereocenters. The van der Waals surface area contributed by atoms with Crippen LogP contribution in [-0.4, -0.2) is 24.9 Å². The van der Waals surface area contributed by atoms with Crippen molar-refractivity contribution in [3.63, 3.8) is 0 Å². The Morgan fingerprint density at radius 2 is 1.79 bits per heavy atom. The molecule has 3 rings (SSSR count). The second-order valence-corrected chi connectivity index (χ2v) is 7.68. The predicted octanol–water partition coefficient (Wildman–Crippen LogP) is 3.92. The maximum Gasteiger partial charge on any atom is 0.314 e. The molecule has 0 saturated carbocycles. The van der Waals surface area contributed by atoms with Gasteiger partial charge in [0, 0.05) is 11.1 Å². The van der Waals surface area contributed by atoms with Gasteiger partial charge in [-0.1, -0.05) is 18.2 Å². The fourth-order valence-corrected chi connectivity index (χ4v) is 3.32. The number of para-hydroxylation sites is 1. The third-order valence-electron chi connectivity index (χ3n) is 3.76. The molecule has 0 N–H and O–H groups in total. The summed E-state index contributed by atoms with van der Waals surface area (Å²) in [6.07, 6.45) is -2.09. The topological polar surface area (TPSA) is 76.3 Å². The van der Waals surface area contributed by atoms with Crippen LogP contribution >= 0.6 is 0 Å². The molecule has 0 bridgehead atoms. The fraction of sp³-hybridized carbons (Fsp3) is 0.176. The number of halogens is 4. The smallest absolute Gasteiger partial charge is 0.314 e. The molecule has 1 aromatic heterocycles. The lowest BCUT2D eigenvalue weighted by molar-refractivity contribution is 0.116. The van der Waals surface area contributed by atoms with Gasteiger partial charge in [0.1, 0.15) is 11.6 Å². The average Bonchev–Trinajstić information content (AvgIpc) is 3.11. The van der Waals surface area contributed by atoms with Crippen molar-refractivity contribution in [3.05, 3.63) is 65.6 Å². The van der Waals surface area contributed by atoms with E-state index in [1.54, 1.807) is 0 Å². The van der Waals surface area contributed by atoms with Crippen LogP contribution in [0.15, 0.2) is 46.9 Å². The lowest BCUT2D eigenvalue weighted by atomic mass is 10.1. The van der Waals surface area contributed by atoms with Crippen molar-refractivity contribution in [3.8, 4) is 11.5 Å². The highest BCUT2D eigenvalue weighted by atomic mass is 32.2. The third-order valence-corrected chi connectivity index (χ3v) is 4.89. The Labute approximate surface area is 157 Å². The maximum absolute atomic E-state index is 14.5. The average molecular weight is 415 g/mol. The first-order valence-corrected chi connectivity index (χ1v) is 9.64. The number of alkyl halides is 2. The third kappa shape index (κ3) is 4.14. The Kier molecular flexibility index (Phi) is 5.36. The minimum atomic E-state index is -3.92. The van der Waals surface area contributed by atoms with Gasteiger partial charge in [-0.25, -0.2) is 17.2 Å². The number of nitrogens with zero attached hydrogens (tertiary/aromatic N) is 3. The first kappa shape index (κ1) is 19.8. The predicted molar refractivity (Wildman–Crippen MR) is 92.1 cm³/mol. The van der Waals surface area contributed by atoms with Gasteiger partial charge in [0.15, 0.2) is 0 Å². The Morgan fingerprint density at radius 3 is 2.36 bits per heavy atom. The van der Waals surface area contributed by atoms with E-state index in [0.29, 0.717) is 0 Å². The molecule has 148 valence electrons. The van der Waals surface area contributed by atoms with Crippen LogP contribution in [-0.2, 0) is 16.6 Å². The van der Waals surface area contributed by atoms with E-state index < -0.39 is 40.5 Å². The molecular formula is C17H13F4N3O3S. The van der Waals surface area contributed by atoms with Crippen LogP contribution in [0.25, 0.3) is 11.5 Å². The van der Waals surface area contributed by atoms with E-state index in [1.807, 2.05) is 0 Å². The highest BCUT2D eigenvalue weighted by molar-refractivity contribution is 7.92. The van der Waals surface area contributed by atoms with Crippen LogP contribution in [0.2, 0.25) is 0 Å². The zero-order chi connectivity index (χ0) is 20.5. The number of anilines is 1. The molecule has 0 atom stereocenters. The summed E-state index contributed by atoms with van der Waals surface area (Å²) in [7, 11) is -3.92. The van der Waals surface area contributed by atoms with Gasteiger partial charge in [-0.3, -0.25) is 4.31 Å². The molecule has 0 spiro atoms. The number of aromatic nitrogens is 2. The monoisotopic (exact) mass is 415 g/mol. The Bertz CT molecular complexity index is 1100. The Hall–Kier alpha value is -2.95. The number of benzene rings is 2. The van der Waals surface area contributed by atoms with E-state index in [-0.39, 0.29) is 22.7 Å². The molecule has 1 heterocycles. The highest BCUT2D eigenvalue weighted by Crippen LogP contribution is 2.27. The van der Waals surface area contributed by atoms with Crippen molar-refractivity contribution >= 4 is 15.7 Å². The number of hydrogen-bond acceptors (Lipinski definition) is 5. The Balaban J connectivity index is 1.93. The summed E-state index contributed by atoms with van der Waals surface area (Å²) < 4.78 is 83.3. The molecule has 11 heteroatoms. The number of rotatable bonds is 6. The molecule has 0 fully saturated rings. The van der Waals surface area contributed by atoms with Crippen molar-refractivity contribution < 1.29 is 30.4 Å². The summed E-state index contributed by atoms with van der Waals surface area (Å²) in [5.41, 5.74) is -0.254. The molecule has 28 heavy (non-hydrogen) atoms. The van der Waals surface area contributed by atoms with Crippen molar-refractivity contribution in [1.29, 1.82) is 0 Å². The van der Waals surface area contributed by atoms with Gasteiger partial charge in [0.2, 0.25) is 15.9 Å². The Morgan fingerprint density at radius 1 is 1.07 bits per heavy atom. The van der Waals surface area contributed by atoms with Gasteiger partial charge < -0.3 is 4.42 Å². The van der Waals surface area contributed by atoms with Gasteiger partial charge in [-0.2, -0.15) is 8.78 Å². The van der Waals surface area contributed by atoms with Crippen LogP contribution in [0, 0.1) is 11.6 Å². The van der Waals surface area contributed by atoms with E-state index in [1.165, 1.54) is 30.3 Å². The molecule has 0 saturated heterocycles. The molecule has 0 aliphatic rings. The summed E-state index contributed by atoms with van der Waals surface area (Å²) in [5.74, 6) is -2.84. The summed E-state index contributed by atoms with van der Waals surface area (Å²) >= 11 is 0. The lowest BCUT2D eigenvalue weighted by Crippen LogP contribution is -2.30. The normalized spacial score (nSPS) is 11.8. The van der Waals surface area contributed by atoms with E-state index in [2.05, 4.69) is 10.2 Å². The summed E-state index contributed by atoms with van der Waals surface area (Å²) in [5, 5.41) is 6.57. The largest absolute Gasteiger partial charge is 0.415 e. The fourth-order valence-electron chi connectivity index (χ4n) is 2.44. The van der Waals surface area contributed by atoms with E-state index >= 15 is 0 Å². The summed E-state index contributed by atoms with van der Waals surface area (Å²) in [4.78, 5) is 0. The first-order valence-electron chi connectivity index (χ1n) is 7.79. The van der Waals surface area contributed by atoms with Crippen LogP contribution in [0.3, 0.4) is 0 Å². The van der Waals surface area contributed by atoms with Crippen LogP contribution in [0.1, 0.15) is 17.9 Å².